The number of aromatic nitrogens is 3. The maximum atomic E-state index is 11.8. The van der Waals surface area contributed by atoms with Gasteiger partial charge in [-0.2, -0.15) is 0 Å². The zero-order valence-corrected chi connectivity index (χ0v) is 13.3. The average Bonchev–Trinajstić information content (AvgIpc) is 2.56. The van der Waals surface area contributed by atoms with Crippen LogP contribution in [0.25, 0.3) is 0 Å². The van der Waals surface area contributed by atoms with Crippen LogP contribution in [-0.2, 0) is 11.8 Å². The third kappa shape index (κ3) is 3.21. The van der Waals surface area contributed by atoms with Crippen LogP contribution in [0, 0.1) is 6.92 Å². The minimum absolute atomic E-state index is 0.109. The Hall–Kier alpha value is -2.75. The summed E-state index contributed by atoms with van der Waals surface area (Å²) < 4.78 is 0. The molecular weight excluding hydrogens is 286 g/mol. The lowest BCUT2D eigenvalue weighted by atomic mass is 9.78. The lowest BCUT2D eigenvalue weighted by Gasteiger charge is -2.29. The van der Waals surface area contributed by atoms with E-state index in [4.69, 9.17) is 0 Å². The Labute approximate surface area is 135 Å². The Morgan fingerprint density at radius 1 is 1.04 bits per heavy atom. The minimum atomic E-state index is -0.456. The van der Waals surface area contributed by atoms with Crippen molar-refractivity contribution < 1.29 is 0 Å². The molecule has 4 heteroatoms. The summed E-state index contributed by atoms with van der Waals surface area (Å²) in [6, 6.07) is 15.2. The topological polar surface area (TPSA) is 58.6 Å². The molecule has 0 aliphatic rings. The van der Waals surface area contributed by atoms with E-state index in [-0.39, 0.29) is 5.56 Å². The molecule has 0 aliphatic carbocycles. The molecule has 0 bridgehead atoms. The highest BCUT2D eigenvalue weighted by Crippen LogP contribution is 2.32. The summed E-state index contributed by atoms with van der Waals surface area (Å²) in [5.41, 5.74) is 3.25. The lowest BCUT2D eigenvalue weighted by Crippen LogP contribution is -2.31. The molecule has 1 unspecified atom stereocenters. The summed E-state index contributed by atoms with van der Waals surface area (Å²) in [5.74, 6) is 0. The second-order valence-corrected chi connectivity index (χ2v) is 5.98. The van der Waals surface area contributed by atoms with Crippen LogP contribution in [0.3, 0.4) is 0 Å². The Kier molecular flexibility index (Phi) is 4.06. The number of aryl methyl sites for hydroxylation is 1. The third-order valence-corrected chi connectivity index (χ3v) is 4.10. The van der Waals surface area contributed by atoms with E-state index in [1.807, 2.05) is 49.5 Å². The van der Waals surface area contributed by atoms with E-state index in [0.717, 1.165) is 22.6 Å². The second kappa shape index (κ2) is 6.16. The molecule has 4 nitrogen and oxygen atoms in total. The Bertz CT molecular complexity index is 840. The highest BCUT2D eigenvalue weighted by Gasteiger charge is 2.32. The van der Waals surface area contributed by atoms with Gasteiger partial charge in [0.1, 0.15) is 0 Å². The van der Waals surface area contributed by atoms with Gasteiger partial charge in [-0.25, -0.2) is 0 Å². The molecule has 3 heterocycles. The first kappa shape index (κ1) is 15.2. The summed E-state index contributed by atoms with van der Waals surface area (Å²) in [7, 11) is 0. The lowest BCUT2D eigenvalue weighted by molar-refractivity contribution is 0.523. The van der Waals surface area contributed by atoms with Crippen LogP contribution in [0.2, 0.25) is 0 Å². The number of hydrogen-bond acceptors (Lipinski definition) is 3. The molecule has 0 aliphatic heterocycles. The van der Waals surface area contributed by atoms with Crippen molar-refractivity contribution in [3.8, 4) is 0 Å². The number of nitrogens with one attached hydrogen (secondary N) is 1. The van der Waals surface area contributed by atoms with Crippen LogP contribution in [0.4, 0.5) is 0 Å². The summed E-state index contributed by atoms with van der Waals surface area (Å²) in [5, 5.41) is 0. The minimum Gasteiger partial charge on any atom is -0.325 e. The molecule has 0 radical (unpaired) electrons. The first-order valence-electron chi connectivity index (χ1n) is 7.61. The number of H-pyrrole nitrogens is 1. The SMILES string of the molecule is Cc1ccc(C(C)(Cc2ccccn2)c2cccc(=O)[nH]2)nc1. The van der Waals surface area contributed by atoms with E-state index in [0.29, 0.717) is 6.42 Å². The molecule has 0 spiro atoms. The van der Waals surface area contributed by atoms with Crippen molar-refractivity contribution in [3.05, 3.63) is 93.9 Å². The normalized spacial score (nSPS) is 13.5. The largest absolute Gasteiger partial charge is 0.325 e. The van der Waals surface area contributed by atoms with Crippen LogP contribution in [-0.4, -0.2) is 15.0 Å². The van der Waals surface area contributed by atoms with Crippen LogP contribution in [0.15, 0.2) is 65.7 Å². The monoisotopic (exact) mass is 305 g/mol. The fourth-order valence-corrected chi connectivity index (χ4v) is 2.75. The van der Waals surface area contributed by atoms with Crippen molar-refractivity contribution in [2.24, 2.45) is 0 Å². The summed E-state index contributed by atoms with van der Waals surface area (Å²) in [6.07, 6.45) is 4.29. The summed E-state index contributed by atoms with van der Waals surface area (Å²) in [6.45, 7) is 4.10. The number of nitrogens with zero attached hydrogens (tertiary/aromatic N) is 2. The van der Waals surface area contributed by atoms with E-state index < -0.39 is 5.41 Å². The Balaban J connectivity index is 2.12. The average molecular weight is 305 g/mol. The van der Waals surface area contributed by atoms with E-state index in [2.05, 4.69) is 21.9 Å². The molecule has 3 rings (SSSR count). The van der Waals surface area contributed by atoms with Gasteiger partial charge >= 0.3 is 0 Å². The van der Waals surface area contributed by atoms with Crippen molar-refractivity contribution in [3.63, 3.8) is 0 Å². The van der Waals surface area contributed by atoms with Crippen molar-refractivity contribution >= 4 is 0 Å². The highest BCUT2D eigenvalue weighted by atomic mass is 16.1. The summed E-state index contributed by atoms with van der Waals surface area (Å²) >= 11 is 0. The molecule has 0 fully saturated rings. The molecule has 0 amide bonds. The molecule has 0 saturated carbocycles. The quantitative estimate of drug-likeness (QED) is 0.806. The van der Waals surface area contributed by atoms with Crippen LogP contribution in [0.1, 0.15) is 29.6 Å². The predicted molar refractivity (Wildman–Crippen MR) is 90.4 cm³/mol. The van der Waals surface area contributed by atoms with Gasteiger partial charge in [0.15, 0.2) is 0 Å². The van der Waals surface area contributed by atoms with Crippen LogP contribution >= 0.6 is 0 Å². The first-order chi connectivity index (χ1) is 11.1. The fraction of sp³-hybridized carbons (Fsp3) is 0.211. The molecule has 1 atom stereocenters. The van der Waals surface area contributed by atoms with Gasteiger partial charge in [-0.15, -0.1) is 0 Å². The molecule has 0 aromatic carbocycles. The number of hydrogen-bond donors (Lipinski definition) is 1. The van der Waals surface area contributed by atoms with Gasteiger partial charge in [0.2, 0.25) is 5.56 Å². The smallest absolute Gasteiger partial charge is 0.248 e. The van der Waals surface area contributed by atoms with E-state index in [9.17, 15) is 4.79 Å². The molecule has 23 heavy (non-hydrogen) atoms. The van der Waals surface area contributed by atoms with Crippen molar-refractivity contribution in [1.29, 1.82) is 0 Å². The zero-order valence-electron chi connectivity index (χ0n) is 13.3. The highest BCUT2D eigenvalue weighted by molar-refractivity contribution is 5.33. The fourth-order valence-electron chi connectivity index (χ4n) is 2.75. The molecule has 3 aromatic heterocycles. The first-order valence-corrected chi connectivity index (χ1v) is 7.61. The van der Waals surface area contributed by atoms with E-state index >= 15 is 0 Å². The van der Waals surface area contributed by atoms with Gasteiger partial charge in [-0.3, -0.25) is 14.8 Å². The third-order valence-electron chi connectivity index (χ3n) is 4.10. The maximum absolute atomic E-state index is 11.8. The maximum Gasteiger partial charge on any atom is 0.248 e. The van der Waals surface area contributed by atoms with Gasteiger partial charge in [0, 0.05) is 36.3 Å². The predicted octanol–water partition coefficient (Wildman–Crippen LogP) is 3.02. The molecule has 1 N–H and O–H groups in total. The molecule has 3 aromatic rings. The Morgan fingerprint density at radius 3 is 2.57 bits per heavy atom. The van der Waals surface area contributed by atoms with Crippen molar-refractivity contribution in [2.75, 3.05) is 0 Å². The van der Waals surface area contributed by atoms with E-state index in [1.54, 1.807) is 12.3 Å². The van der Waals surface area contributed by atoms with Gasteiger partial charge in [0.25, 0.3) is 0 Å². The van der Waals surface area contributed by atoms with Crippen molar-refractivity contribution in [1.82, 2.24) is 15.0 Å². The number of aromatic amines is 1. The van der Waals surface area contributed by atoms with Gasteiger partial charge in [-0.05, 0) is 43.7 Å². The van der Waals surface area contributed by atoms with E-state index in [1.165, 1.54) is 6.07 Å². The Morgan fingerprint density at radius 2 is 1.91 bits per heavy atom. The van der Waals surface area contributed by atoms with Crippen LogP contribution < -0.4 is 5.56 Å². The second-order valence-electron chi connectivity index (χ2n) is 5.98. The van der Waals surface area contributed by atoms with Gasteiger partial charge < -0.3 is 4.98 Å². The zero-order chi connectivity index (χ0) is 16.3. The molecular formula is C19H19N3O. The molecule has 116 valence electrons. The summed E-state index contributed by atoms with van der Waals surface area (Å²) in [4.78, 5) is 23.8. The van der Waals surface area contributed by atoms with Gasteiger partial charge in [0.05, 0.1) is 11.1 Å². The van der Waals surface area contributed by atoms with Crippen LogP contribution in [0.5, 0.6) is 0 Å². The van der Waals surface area contributed by atoms with Gasteiger partial charge in [-0.1, -0.05) is 18.2 Å². The number of rotatable bonds is 4. The molecule has 0 saturated heterocycles. The standard InChI is InChI=1S/C19H19N3O/c1-14-9-10-16(21-13-14)19(2,12-15-6-3-4-11-20-15)17-7-5-8-18(23)22-17/h3-11,13H,12H2,1-2H3,(H,22,23). The van der Waals surface area contributed by atoms with Crippen molar-refractivity contribution in [2.45, 2.75) is 25.7 Å². The number of pyridine rings is 3.